The van der Waals surface area contributed by atoms with Crippen molar-refractivity contribution < 1.29 is 19.5 Å². The summed E-state index contributed by atoms with van der Waals surface area (Å²) in [7, 11) is 0. The van der Waals surface area contributed by atoms with E-state index in [0.717, 1.165) is 22.4 Å². The maximum atomic E-state index is 12.6. The molecule has 0 atom stereocenters. The fourth-order valence-electron chi connectivity index (χ4n) is 3.68. The third-order valence-electron chi connectivity index (χ3n) is 5.60. The number of pyridine rings is 1. The fourth-order valence-corrected chi connectivity index (χ4v) is 4.42. The van der Waals surface area contributed by atoms with Crippen LogP contribution in [-0.2, 0) is 10.3 Å². The van der Waals surface area contributed by atoms with Gasteiger partial charge in [0.05, 0.1) is 17.8 Å². The quantitative estimate of drug-likeness (QED) is 0.268. The van der Waals surface area contributed by atoms with Gasteiger partial charge in [-0.15, -0.1) is 11.3 Å². The van der Waals surface area contributed by atoms with E-state index in [2.05, 4.69) is 25.9 Å². The summed E-state index contributed by atoms with van der Waals surface area (Å²) in [5.41, 5.74) is 3.77. The van der Waals surface area contributed by atoms with Crippen LogP contribution in [0.15, 0.2) is 78.4 Å². The monoisotopic (exact) mass is 515 g/mol. The molecular weight excluding hydrogens is 490 g/mol. The Bertz CT molecular complexity index is 1440. The summed E-state index contributed by atoms with van der Waals surface area (Å²) in [6.07, 6.45) is 2.32. The Morgan fingerprint density at radius 1 is 0.946 bits per heavy atom. The number of hydrogen-bond donors (Lipinski definition) is 4. The third kappa shape index (κ3) is 6.56. The SMILES string of the molecule is CC(C)(NC(=O)O)c1cccc(C(=O)NCC(=O)Nc2nc(-c3cccc(-c4ccncc4)c3)cs2)c1. The molecule has 0 saturated heterocycles. The number of carboxylic acid groups (broad SMARTS) is 1. The summed E-state index contributed by atoms with van der Waals surface area (Å²) in [6.45, 7) is 3.15. The van der Waals surface area contributed by atoms with Gasteiger partial charge in [-0.25, -0.2) is 9.78 Å². The van der Waals surface area contributed by atoms with Gasteiger partial charge in [-0.1, -0.05) is 30.3 Å². The molecule has 0 aliphatic rings. The molecule has 4 aromatic rings. The predicted molar refractivity (Wildman–Crippen MR) is 142 cm³/mol. The molecule has 3 amide bonds. The molecule has 0 aliphatic heterocycles. The summed E-state index contributed by atoms with van der Waals surface area (Å²) in [5.74, 6) is -0.861. The molecule has 0 spiro atoms. The number of benzene rings is 2. The van der Waals surface area contributed by atoms with Crippen molar-refractivity contribution in [3.63, 3.8) is 0 Å². The van der Waals surface area contributed by atoms with Crippen molar-refractivity contribution in [3.05, 3.63) is 89.6 Å². The minimum atomic E-state index is -1.16. The zero-order chi connectivity index (χ0) is 26.4. The van der Waals surface area contributed by atoms with Crippen LogP contribution in [0, 0.1) is 0 Å². The van der Waals surface area contributed by atoms with E-state index in [1.807, 2.05) is 41.8 Å². The molecule has 10 heteroatoms. The van der Waals surface area contributed by atoms with Crippen molar-refractivity contribution >= 4 is 34.4 Å². The molecular formula is C27H25N5O4S. The van der Waals surface area contributed by atoms with Crippen molar-refractivity contribution in [2.75, 3.05) is 11.9 Å². The molecule has 0 bridgehead atoms. The van der Waals surface area contributed by atoms with Crippen LogP contribution in [0.3, 0.4) is 0 Å². The maximum Gasteiger partial charge on any atom is 0.405 e. The number of anilines is 1. The Balaban J connectivity index is 1.36. The average Bonchev–Trinajstić information content (AvgIpc) is 3.35. The van der Waals surface area contributed by atoms with E-state index in [1.54, 1.807) is 50.5 Å². The lowest BCUT2D eigenvalue weighted by Crippen LogP contribution is -2.40. The molecule has 0 aliphatic carbocycles. The van der Waals surface area contributed by atoms with Crippen LogP contribution in [0.5, 0.6) is 0 Å². The van der Waals surface area contributed by atoms with Crippen molar-refractivity contribution in [3.8, 4) is 22.4 Å². The van der Waals surface area contributed by atoms with Gasteiger partial charge in [-0.05, 0) is 60.9 Å². The number of aromatic nitrogens is 2. The Hall–Kier alpha value is -4.57. The summed E-state index contributed by atoms with van der Waals surface area (Å²) >= 11 is 1.29. The van der Waals surface area contributed by atoms with Gasteiger partial charge in [0.2, 0.25) is 5.91 Å². The second-order valence-electron chi connectivity index (χ2n) is 8.72. The molecule has 0 saturated carbocycles. The number of rotatable bonds is 8. The lowest BCUT2D eigenvalue weighted by molar-refractivity contribution is -0.115. The minimum absolute atomic E-state index is 0.244. The van der Waals surface area contributed by atoms with Crippen LogP contribution >= 0.6 is 11.3 Å². The first-order valence-electron chi connectivity index (χ1n) is 11.4. The van der Waals surface area contributed by atoms with E-state index in [-0.39, 0.29) is 6.54 Å². The molecule has 4 N–H and O–H groups in total. The van der Waals surface area contributed by atoms with Gasteiger partial charge in [0.15, 0.2) is 5.13 Å². The van der Waals surface area contributed by atoms with E-state index in [9.17, 15) is 14.4 Å². The van der Waals surface area contributed by atoms with Crippen molar-refractivity contribution in [2.45, 2.75) is 19.4 Å². The van der Waals surface area contributed by atoms with E-state index in [1.165, 1.54) is 11.3 Å². The molecule has 0 radical (unpaired) electrons. The highest BCUT2D eigenvalue weighted by Crippen LogP contribution is 2.28. The summed E-state index contributed by atoms with van der Waals surface area (Å²) < 4.78 is 0. The molecule has 188 valence electrons. The fraction of sp³-hybridized carbons (Fsp3) is 0.148. The lowest BCUT2D eigenvalue weighted by atomic mass is 9.93. The number of nitrogens with zero attached hydrogens (tertiary/aromatic N) is 2. The highest BCUT2D eigenvalue weighted by Gasteiger charge is 2.23. The van der Waals surface area contributed by atoms with E-state index < -0.39 is 23.4 Å². The van der Waals surface area contributed by atoms with Crippen molar-refractivity contribution in [1.29, 1.82) is 0 Å². The predicted octanol–water partition coefficient (Wildman–Crippen LogP) is 4.74. The maximum absolute atomic E-state index is 12.6. The Morgan fingerprint density at radius 2 is 1.68 bits per heavy atom. The number of carbonyl (C=O) groups excluding carboxylic acids is 2. The molecule has 9 nitrogen and oxygen atoms in total. The van der Waals surface area contributed by atoms with Gasteiger partial charge in [0, 0.05) is 28.9 Å². The van der Waals surface area contributed by atoms with Gasteiger partial charge >= 0.3 is 6.09 Å². The molecule has 2 aromatic carbocycles. The zero-order valence-corrected chi connectivity index (χ0v) is 21.0. The van der Waals surface area contributed by atoms with Gasteiger partial charge in [-0.3, -0.25) is 14.6 Å². The van der Waals surface area contributed by atoms with E-state index >= 15 is 0 Å². The highest BCUT2D eigenvalue weighted by atomic mass is 32.1. The van der Waals surface area contributed by atoms with Gasteiger partial charge in [0.25, 0.3) is 5.91 Å². The molecule has 0 unspecified atom stereocenters. The number of carbonyl (C=O) groups is 3. The zero-order valence-electron chi connectivity index (χ0n) is 20.2. The minimum Gasteiger partial charge on any atom is -0.465 e. The standard InChI is InChI=1S/C27H25N5O4S/c1-27(2,32-26(35)36)21-8-4-7-20(14-21)24(34)29-15-23(33)31-25-30-22(16-37-25)19-6-3-5-18(13-19)17-9-11-28-12-10-17/h3-14,16,32H,15H2,1-2H3,(H,29,34)(H,35,36)(H,30,31,33). The van der Waals surface area contributed by atoms with Gasteiger partial charge in [0.1, 0.15) is 0 Å². The molecule has 2 aromatic heterocycles. The first kappa shape index (κ1) is 25.5. The van der Waals surface area contributed by atoms with Crippen LogP contribution in [0.25, 0.3) is 22.4 Å². The lowest BCUT2D eigenvalue weighted by Gasteiger charge is -2.25. The molecule has 37 heavy (non-hydrogen) atoms. The Labute approximate surface area is 217 Å². The second kappa shape index (κ2) is 11.0. The number of amides is 3. The van der Waals surface area contributed by atoms with E-state index in [0.29, 0.717) is 16.3 Å². The van der Waals surface area contributed by atoms with Crippen LogP contribution in [-0.4, -0.2) is 39.5 Å². The summed E-state index contributed by atoms with van der Waals surface area (Å²) in [5, 5.41) is 19.0. The number of hydrogen-bond acceptors (Lipinski definition) is 6. The number of thiazole rings is 1. The topological polar surface area (TPSA) is 133 Å². The normalized spacial score (nSPS) is 11.0. The van der Waals surface area contributed by atoms with Gasteiger partial charge in [-0.2, -0.15) is 0 Å². The first-order valence-corrected chi connectivity index (χ1v) is 12.3. The van der Waals surface area contributed by atoms with Gasteiger partial charge < -0.3 is 21.1 Å². The number of nitrogens with one attached hydrogen (secondary N) is 3. The molecule has 2 heterocycles. The summed E-state index contributed by atoms with van der Waals surface area (Å²) in [6, 6.07) is 18.4. The second-order valence-corrected chi connectivity index (χ2v) is 9.58. The molecule has 0 fully saturated rings. The molecule has 4 rings (SSSR count). The third-order valence-corrected chi connectivity index (χ3v) is 6.36. The average molecular weight is 516 g/mol. The largest absolute Gasteiger partial charge is 0.465 e. The first-order chi connectivity index (χ1) is 17.7. The van der Waals surface area contributed by atoms with Crippen LogP contribution in [0.2, 0.25) is 0 Å². The summed E-state index contributed by atoms with van der Waals surface area (Å²) in [4.78, 5) is 44.6. The van der Waals surface area contributed by atoms with Crippen LogP contribution in [0.4, 0.5) is 9.93 Å². The Morgan fingerprint density at radius 3 is 2.43 bits per heavy atom. The van der Waals surface area contributed by atoms with E-state index in [4.69, 9.17) is 5.11 Å². The Kier molecular flexibility index (Phi) is 7.59. The smallest absolute Gasteiger partial charge is 0.405 e. The van der Waals surface area contributed by atoms with Crippen LogP contribution in [0.1, 0.15) is 29.8 Å². The highest BCUT2D eigenvalue weighted by molar-refractivity contribution is 7.14. The van der Waals surface area contributed by atoms with Crippen molar-refractivity contribution in [1.82, 2.24) is 20.6 Å². The van der Waals surface area contributed by atoms with Crippen LogP contribution < -0.4 is 16.0 Å². The van der Waals surface area contributed by atoms with Crippen molar-refractivity contribution in [2.24, 2.45) is 0 Å².